The third-order valence-electron chi connectivity index (χ3n) is 4.82. The van der Waals surface area contributed by atoms with Crippen LogP contribution in [0.3, 0.4) is 0 Å². The largest absolute Gasteiger partial charge is 0.350 e. The first-order valence-electron chi connectivity index (χ1n) is 9.20. The van der Waals surface area contributed by atoms with Crippen molar-refractivity contribution in [3.8, 4) is 0 Å². The third-order valence-corrected chi connectivity index (χ3v) is 4.82. The molecule has 0 aliphatic rings. The number of halogens is 2. The molecule has 28 heavy (non-hydrogen) atoms. The number of imidazole rings is 1. The zero-order chi connectivity index (χ0) is 20.3. The Labute approximate surface area is 162 Å². The number of carbonyl (C=O) groups excluding carboxylic acids is 1. The fourth-order valence-electron chi connectivity index (χ4n) is 3.14. The number of H-pyrrole nitrogens is 1. The highest BCUT2D eigenvalue weighted by Crippen LogP contribution is 2.21. The van der Waals surface area contributed by atoms with Gasteiger partial charge in [-0.05, 0) is 49.8 Å². The van der Waals surface area contributed by atoms with Gasteiger partial charge in [-0.25, -0.2) is 13.8 Å². The average Bonchev–Trinajstić information content (AvgIpc) is 3.12. The molecule has 0 aliphatic heterocycles. The maximum absolute atomic E-state index is 12.8. The highest BCUT2D eigenvalue weighted by molar-refractivity contribution is 5.97. The number of benzene rings is 2. The molecule has 0 fully saturated rings. The van der Waals surface area contributed by atoms with Crippen LogP contribution in [0.4, 0.5) is 8.78 Å². The van der Waals surface area contributed by atoms with Crippen molar-refractivity contribution in [2.24, 2.45) is 0 Å². The molecular weight excluding hydrogens is 362 g/mol. The molecular formula is C21H24F2N4O. The van der Waals surface area contributed by atoms with E-state index in [1.807, 2.05) is 19.0 Å². The number of amides is 1. The first-order valence-corrected chi connectivity index (χ1v) is 9.20. The van der Waals surface area contributed by atoms with Crippen molar-refractivity contribution in [2.75, 3.05) is 20.6 Å². The van der Waals surface area contributed by atoms with Gasteiger partial charge in [-0.3, -0.25) is 4.79 Å². The van der Waals surface area contributed by atoms with Crippen LogP contribution >= 0.6 is 0 Å². The average molecular weight is 386 g/mol. The monoisotopic (exact) mass is 386 g/mol. The van der Waals surface area contributed by atoms with Crippen LogP contribution in [0.15, 0.2) is 42.5 Å². The molecule has 2 N–H and O–H groups in total. The smallest absolute Gasteiger partial charge is 0.295 e. The van der Waals surface area contributed by atoms with Crippen LogP contribution in [0.1, 0.15) is 46.7 Å². The van der Waals surface area contributed by atoms with Crippen LogP contribution < -0.4 is 5.32 Å². The van der Waals surface area contributed by atoms with E-state index in [1.165, 1.54) is 5.56 Å². The maximum Gasteiger partial charge on any atom is 0.295 e. The molecule has 1 amide bonds. The van der Waals surface area contributed by atoms with Crippen molar-refractivity contribution in [3.63, 3.8) is 0 Å². The quantitative estimate of drug-likeness (QED) is 0.643. The summed E-state index contributed by atoms with van der Waals surface area (Å²) in [4.78, 5) is 21.0. The summed E-state index contributed by atoms with van der Waals surface area (Å²) in [6.07, 6.45) is -1.70. The van der Waals surface area contributed by atoms with E-state index in [-0.39, 0.29) is 11.9 Å². The number of likely N-dealkylation sites (N-methyl/N-ethyl adjacent to an activating group) is 1. The minimum absolute atomic E-state index is 0.0242. The molecule has 1 aromatic heterocycles. The van der Waals surface area contributed by atoms with Crippen molar-refractivity contribution >= 4 is 16.9 Å². The van der Waals surface area contributed by atoms with Crippen molar-refractivity contribution in [1.82, 2.24) is 20.2 Å². The summed E-state index contributed by atoms with van der Waals surface area (Å²) in [6.45, 7) is 2.54. The summed E-state index contributed by atoms with van der Waals surface area (Å²) in [6, 6.07) is 13.1. The summed E-state index contributed by atoms with van der Waals surface area (Å²) in [5.41, 5.74) is 3.61. The lowest BCUT2D eigenvalue weighted by Gasteiger charge is -2.25. The number of aryl methyl sites for hydroxylation is 1. The Morgan fingerprint density at radius 2 is 1.89 bits per heavy atom. The minimum Gasteiger partial charge on any atom is -0.350 e. The van der Waals surface area contributed by atoms with E-state index < -0.39 is 12.2 Å². The van der Waals surface area contributed by atoms with Crippen LogP contribution in [0, 0.1) is 0 Å². The number of fused-ring (bicyclic) bond motifs is 1. The standard InChI is InChI=1S/C21H24F2N4O/c1-4-13-5-7-14(8-6-13)18(27(2)3)12-24-21(28)15-9-10-16-17(11-15)26-20(25-16)19(22)23/h5-11,18-19H,4,12H2,1-3H3,(H,24,28)(H,25,26). The van der Waals surface area contributed by atoms with E-state index in [0.29, 0.717) is 23.1 Å². The normalized spacial score (nSPS) is 12.7. The van der Waals surface area contributed by atoms with Gasteiger partial charge in [0, 0.05) is 12.1 Å². The number of hydrogen-bond acceptors (Lipinski definition) is 3. The van der Waals surface area contributed by atoms with Crippen LogP contribution in [-0.4, -0.2) is 41.4 Å². The molecule has 0 saturated heterocycles. The van der Waals surface area contributed by atoms with E-state index in [0.717, 1.165) is 12.0 Å². The molecule has 0 radical (unpaired) electrons. The number of nitrogens with zero attached hydrogens (tertiary/aromatic N) is 2. The Hall–Kier alpha value is -2.80. The second-order valence-corrected chi connectivity index (χ2v) is 6.94. The number of hydrogen-bond donors (Lipinski definition) is 2. The van der Waals surface area contributed by atoms with Crippen molar-refractivity contribution in [1.29, 1.82) is 0 Å². The molecule has 1 unspecified atom stereocenters. The predicted octanol–water partition coefficient (Wildman–Crippen LogP) is 4.10. The van der Waals surface area contributed by atoms with Gasteiger partial charge in [0.1, 0.15) is 0 Å². The van der Waals surface area contributed by atoms with Gasteiger partial charge in [-0.2, -0.15) is 0 Å². The van der Waals surface area contributed by atoms with Crippen molar-refractivity contribution in [2.45, 2.75) is 25.8 Å². The molecule has 1 heterocycles. The lowest BCUT2D eigenvalue weighted by atomic mass is 10.0. The Balaban J connectivity index is 1.72. The number of aromatic nitrogens is 2. The van der Waals surface area contributed by atoms with Gasteiger partial charge in [-0.1, -0.05) is 31.2 Å². The fourth-order valence-corrected chi connectivity index (χ4v) is 3.14. The van der Waals surface area contributed by atoms with E-state index in [1.54, 1.807) is 18.2 Å². The van der Waals surface area contributed by atoms with Gasteiger partial charge in [0.05, 0.1) is 17.1 Å². The Bertz CT molecular complexity index is 951. The molecule has 2 aromatic carbocycles. The van der Waals surface area contributed by atoms with E-state index >= 15 is 0 Å². The minimum atomic E-state index is -2.68. The van der Waals surface area contributed by atoms with Gasteiger partial charge >= 0.3 is 0 Å². The van der Waals surface area contributed by atoms with Crippen LogP contribution in [0.2, 0.25) is 0 Å². The zero-order valence-corrected chi connectivity index (χ0v) is 16.2. The lowest BCUT2D eigenvalue weighted by molar-refractivity contribution is 0.0942. The molecule has 3 aromatic rings. The van der Waals surface area contributed by atoms with E-state index in [9.17, 15) is 13.6 Å². The molecule has 3 rings (SSSR count). The highest BCUT2D eigenvalue weighted by atomic mass is 19.3. The summed E-state index contributed by atoms with van der Waals surface area (Å²) < 4.78 is 25.6. The Kier molecular flexibility index (Phi) is 6.04. The van der Waals surface area contributed by atoms with Gasteiger partial charge in [0.15, 0.2) is 5.82 Å². The van der Waals surface area contributed by atoms with Crippen molar-refractivity contribution in [3.05, 3.63) is 65.0 Å². The SMILES string of the molecule is CCc1ccc(C(CNC(=O)c2ccc3nc(C(F)F)[nH]c3c2)N(C)C)cc1. The van der Waals surface area contributed by atoms with Crippen LogP contribution in [0.5, 0.6) is 0 Å². The molecule has 1 atom stereocenters. The topological polar surface area (TPSA) is 61.0 Å². The third kappa shape index (κ3) is 4.36. The fraction of sp³-hybridized carbons (Fsp3) is 0.333. The van der Waals surface area contributed by atoms with Crippen LogP contribution in [0.25, 0.3) is 11.0 Å². The zero-order valence-electron chi connectivity index (χ0n) is 16.2. The number of aromatic amines is 1. The first-order chi connectivity index (χ1) is 13.4. The molecule has 0 saturated carbocycles. The molecule has 0 spiro atoms. The van der Waals surface area contributed by atoms with Gasteiger partial charge in [0.25, 0.3) is 12.3 Å². The number of rotatable bonds is 7. The molecule has 7 heteroatoms. The number of nitrogens with one attached hydrogen (secondary N) is 2. The first kappa shape index (κ1) is 19.9. The van der Waals surface area contributed by atoms with Crippen molar-refractivity contribution < 1.29 is 13.6 Å². The maximum atomic E-state index is 12.8. The molecule has 0 aliphatic carbocycles. The number of carbonyl (C=O) groups is 1. The van der Waals surface area contributed by atoms with Crippen LogP contribution in [-0.2, 0) is 6.42 Å². The van der Waals surface area contributed by atoms with Gasteiger partial charge < -0.3 is 15.2 Å². The second kappa shape index (κ2) is 8.48. The van der Waals surface area contributed by atoms with Gasteiger partial charge in [0.2, 0.25) is 0 Å². The summed E-state index contributed by atoms with van der Waals surface area (Å²) in [7, 11) is 3.93. The molecule has 5 nitrogen and oxygen atoms in total. The number of alkyl halides is 2. The highest BCUT2D eigenvalue weighted by Gasteiger charge is 2.17. The molecule has 148 valence electrons. The Morgan fingerprint density at radius 1 is 1.18 bits per heavy atom. The molecule has 0 bridgehead atoms. The predicted molar refractivity (Wildman–Crippen MR) is 106 cm³/mol. The summed E-state index contributed by atoms with van der Waals surface area (Å²) in [5, 5.41) is 2.94. The summed E-state index contributed by atoms with van der Waals surface area (Å²) in [5.74, 6) is -0.650. The summed E-state index contributed by atoms with van der Waals surface area (Å²) >= 11 is 0. The lowest BCUT2D eigenvalue weighted by Crippen LogP contribution is -2.34. The second-order valence-electron chi connectivity index (χ2n) is 6.94. The van der Waals surface area contributed by atoms with E-state index in [4.69, 9.17) is 0 Å². The van der Waals surface area contributed by atoms with E-state index in [2.05, 4.69) is 46.5 Å². The van der Waals surface area contributed by atoms with Gasteiger partial charge in [-0.15, -0.1) is 0 Å². The Morgan fingerprint density at radius 3 is 2.50 bits per heavy atom.